The Kier molecular flexibility index (Phi) is 3.06. The van der Waals surface area contributed by atoms with Gasteiger partial charge in [0.1, 0.15) is 0 Å². The second-order valence-corrected chi connectivity index (χ2v) is 4.61. The maximum absolute atomic E-state index is 10.2. The zero-order valence-electron chi connectivity index (χ0n) is 9.32. The Hall–Kier alpha value is -0.890. The molecule has 2 heteroatoms. The van der Waals surface area contributed by atoms with Crippen molar-refractivity contribution in [2.45, 2.75) is 44.6 Å². The Morgan fingerprint density at radius 1 is 1.53 bits per heavy atom. The van der Waals surface area contributed by atoms with E-state index in [1.54, 1.807) is 0 Å². The van der Waals surface area contributed by atoms with Crippen LogP contribution in [0.4, 0.5) is 0 Å². The highest BCUT2D eigenvalue weighted by Crippen LogP contribution is 2.49. The molecule has 15 heavy (non-hydrogen) atoms. The standard InChI is InChI=1S/C13H19NO/c1-2-5-11-10-13(11,15)8-7-12-6-3-4-9-14-12/h3-4,6,9,11,15H,2,5,7-8,10H2,1H3. The first-order chi connectivity index (χ1) is 7.24. The fourth-order valence-corrected chi connectivity index (χ4v) is 2.28. The molecule has 82 valence electrons. The normalized spacial score (nSPS) is 29.1. The van der Waals surface area contributed by atoms with Crippen molar-refractivity contribution in [3.63, 3.8) is 0 Å². The molecule has 1 aromatic heterocycles. The van der Waals surface area contributed by atoms with Crippen molar-refractivity contribution in [2.24, 2.45) is 5.92 Å². The molecule has 1 aliphatic carbocycles. The number of hydrogen-bond donors (Lipinski definition) is 1. The minimum Gasteiger partial charge on any atom is -0.390 e. The van der Waals surface area contributed by atoms with E-state index in [1.807, 2.05) is 24.4 Å². The van der Waals surface area contributed by atoms with Crippen molar-refractivity contribution >= 4 is 0 Å². The van der Waals surface area contributed by atoms with E-state index in [4.69, 9.17) is 0 Å². The van der Waals surface area contributed by atoms with Gasteiger partial charge >= 0.3 is 0 Å². The van der Waals surface area contributed by atoms with Gasteiger partial charge in [0.25, 0.3) is 0 Å². The van der Waals surface area contributed by atoms with Crippen molar-refractivity contribution in [1.29, 1.82) is 0 Å². The fraction of sp³-hybridized carbons (Fsp3) is 0.615. The molecule has 2 nitrogen and oxygen atoms in total. The topological polar surface area (TPSA) is 33.1 Å². The molecule has 0 aliphatic heterocycles. The molecule has 1 N–H and O–H groups in total. The molecule has 1 saturated carbocycles. The summed E-state index contributed by atoms with van der Waals surface area (Å²) in [5.41, 5.74) is 0.723. The van der Waals surface area contributed by atoms with Gasteiger partial charge < -0.3 is 5.11 Å². The minimum absolute atomic E-state index is 0.368. The van der Waals surface area contributed by atoms with Gasteiger partial charge in [-0.1, -0.05) is 19.4 Å². The SMILES string of the molecule is CCCC1CC1(O)CCc1ccccn1. The molecule has 0 saturated heterocycles. The van der Waals surface area contributed by atoms with Crippen molar-refractivity contribution in [3.8, 4) is 0 Å². The van der Waals surface area contributed by atoms with Gasteiger partial charge in [0.2, 0.25) is 0 Å². The lowest BCUT2D eigenvalue weighted by atomic mass is 10.1. The number of aliphatic hydroxyl groups is 1. The summed E-state index contributed by atoms with van der Waals surface area (Å²) in [6, 6.07) is 5.96. The van der Waals surface area contributed by atoms with Gasteiger partial charge in [-0.15, -0.1) is 0 Å². The van der Waals surface area contributed by atoms with Crippen LogP contribution >= 0.6 is 0 Å². The molecule has 0 radical (unpaired) electrons. The quantitative estimate of drug-likeness (QED) is 0.801. The first-order valence-electron chi connectivity index (χ1n) is 5.87. The molecule has 1 heterocycles. The predicted molar refractivity (Wildman–Crippen MR) is 60.5 cm³/mol. The largest absolute Gasteiger partial charge is 0.390 e. The Labute approximate surface area is 91.4 Å². The molecule has 1 aliphatic rings. The third kappa shape index (κ3) is 2.57. The number of pyridine rings is 1. The predicted octanol–water partition coefficient (Wildman–Crippen LogP) is 2.57. The Bertz CT molecular complexity index is 312. The van der Waals surface area contributed by atoms with Crippen molar-refractivity contribution < 1.29 is 5.11 Å². The van der Waals surface area contributed by atoms with Crippen LogP contribution in [-0.2, 0) is 6.42 Å². The van der Waals surface area contributed by atoms with E-state index in [-0.39, 0.29) is 5.60 Å². The van der Waals surface area contributed by atoms with E-state index in [9.17, 15) is 5.11 Å². The summed E-state index contributed by atoms with van der Waals surface area (Å²) < 4.78 is 0. The summed E-state index contributed by atoms with van der Waals surface area (Å²) in [7, 11) is 0. The molecule has 2 rings (SSSR count). The number of hydrogen-bond acceptors (Lipinski definition) is 2. The zero-order valence-corrected chi connectivity index (χ0v) is 9.32. The highest BCUT2D eigenvalue weighted by molar-refractivity contribution is 5.08. The van der Waals surface area contributed by atoms with Gasteiger partial charge in [0.05, 0.1) is 5.60 Å². The van der Waals surface area contributed by atoms with Crippen LogP contribution in [0.3, 0.4) is 0 Å². The number of nitrogens with zero attached hydrogens (tertiary/aromatic N) is 1. The monoisotopic (exact) mass is 205 g/mol. The molecule has 0 spiro atoms. The molecule has 2 unspecified atom stereocenters. The summed E-state index contributed by atoms with van der Waals surface area (Å²) in [6.07, 6.45) is 6.92. The van der Waals surface area contributed by atoms with E-state index in [0.29, 0.717) is 5.92 Å². The average molecular weight is 205 g/mol. The van der Waals surface area contributed by atoms with Gasteiger partial charge in [-0.3, -0.25) is 4.98 Å². The summed E-state index contributed by atoms with van der Waals surface area (Å²) in [5, 5.41) is 10.2. The molecular weight excluding hydrogens is 186 g/mol. The van der Waals surface area contributed by atoms with Crippen LogP contribution in [0, 0.1) is 5.92 Å². The first kappa shape index (κ1) is 10.6. The van der Waals surface area contributed by atoms with E-state index in [1.165, 1.54) is 12.8 Å². The maximum Gasteiger partial charge on any atom is 0.0684 e. The van der Waals surface area contributed by atoms with E-state index in [0.717, 1.165) is 25.0 Å². The van der Waals surface area contributed by atoms with Crippen LogP contribution in [0.1, 0.15) is 38.3 Å². The molecule has 0 amide bonds. The summed E-state index contributed by atoms with van der Waals surface area (Å²) in [4.78, 5) is 4.27. The first-order valence-corrected chi connectivity index (χ1v) is 5.87. The molecular formula is C13H19NO. The number of aromatic nitrogens is 1. The van der Waals surface area contributed by atoms with Crippen LogP contribution in [-0.4, -0.2) is 15.7 Å². The summed E-state index contributed by atoms with van der Waals surface area (Å²) >= 11 is 0. The molecule has 1 fully saturated rings. The minimum atomic E-state index is -0.368. The van der Waals surface area contributed by atoms with Gasteiger partial charge in [0, 0.05) is 11.9 Å². The number of aryl methyl sites for hydroxylation is 1. The fourth-order valence-electron chi connectivity index (χ4n) is 2.28. The van der Waals surface area contributed by atoms with Crippen molar-refractivity contribution in [3.05, 3.63) is 30.1 Å². The third-order valence-electron chi connectivity index (χ3n) is 3.38. The highest BCUT2D eigenvalue weighted by Gasteiger charge is 2.51. The summed E-state index contributed by atoms with van der Waals surface area (Å²) in [6.45, 7) is 2.18. The molecule has 1 aromatic rings. The van der Waals surface area contributed by atoms with Crippen LogP contribution in [0.5, 0.6) is 0 Å². The maximum atomic E-state index is 10.2. The highest BCUT2D eigenvalue weighted by atomic mass is 16.3. The smallest absolute Gasteiger partial charge is 0.0684 e. The Balaban J connectivity index is 1.80. The zero-order chi connectivity index (χ0) is 10.7. The Morgan fingerprint density at radius 3 is 3.07 bits per heavy atom. The molecule has 0 aromatic carbocycles. The average Bonchev–Trinajstić information content (AvgIpc) is 2.90. The molecule has 2 atom stereocenters. The van der Waals surface area contributed by atoms with E-state index in [2.05, 4.69) is 11.9 Å². The van der Waals surface area contributed by atoms with Gasteiger partial charge in [-0.05, 0) is 43.7 Å². The van der Waals surface area contributed by atoms with Crippen LogP contribution < -0.4 is 0 Å². The van der Waals surface area contributed by atoms with Crippen LogP contribution in [0.25, 0.3) is 0 Å². The second kappa shape index (κ2) is 4.31. The lowest BCUT2D eigenvalue weighted by Gasteiger charge is -2.09. The lowest BCUT2D eigenvalue weighted by molar-refractivity contribution is 0.119. The second-order valence-electron chi connectivity index (χ2n) is 4.61. The molecule has 0 bridgehead atoms. The van der Waals surface area contributed by atoms with Gasteiger partial charge in [-0.25, -0.2) is 0 Å². The van der Waals surface area contributed by atoms with E-state index >= 15 is 0 Å². The van der Waals surface area contributed by atoms with E-state index < -0.39 is 0 Å². The lowest BCUT2D eigenvalue weighted by Crippen LogP contribution is -2.12. The van der Waals surface area contributed by atoms with Gasteiger partial charge in [-0.2, -0.15) is 0 Å². The van der Waals surface area contributed by atoms with Crippen LogP contribution in [0.2, 0.25) is 0 Å². The third-order valence-corrected chi connectivity index (χ3v) is 3.38. The van der Waals surface area contributed by atoms with Crippen molar-refractivity contribution in [1.82, 2.24) is 4.98 Å². The van der Waals surface area contributed by atoms with Crippen molar-refractivity contribution in [2.75, 3.05) is 0 Å². The Morgan fingerprint density at radius 2 is 2.40 bits per heavy atom. The van der Waals surface area contributed by atoms with Gasteiger partial charge in [0.15, 0.2) is 0 Å². The van der Waals surface area contributed by atoms with Crippen LogP contribution in [0.15, 0.2) is 24.4 Å². The number of rotatable bonds is 5. The summed E-state index contributed by atoms with van der Waals surface area (Å²) in [5.74, 6) is 0.547.